The van der Waals surface area contributed by atoms with Crippen molar-refractivity contribution in [2.75, 3.05) is 19.8 Å². The molecular formula is C14H20F3NO2. The molecule has 0 aromatic heterocycles. The van der Waals surface area contributed by atoms with Crippen molar-refractivity contribution in [2.24, 2.45) is 5.73 Å². The number of hydrogen-bond donors (Lipinski definition) is 1. The molecule has 20 heavy (non-hydrogen) atoms. The number of hydrogen-bond acceptors (Lipinski definition) is 3. The van der Waals surface area contributed by atoms with Gasteiger partial charge in [0.2, 0.25) is 0 Å². The fourth-order valence-electron chi connectivity index (χ4n) is 1.65. The van der Waals surface area contributed by atoms with E-state index in [1.807, 2.05) is 0 Å². The number of benzene rings is 1. The van der Waals surface area contributed by atoms with Gasteiger partial charge in [-0.2, -0.15) is 13.2 Å². The molecule has 0 aliphatic heterocycles. The molecular weight excluding hydrogens is 271 g/mol. The molecule has 6 heteroatoms. The lowest BCUT2D eigenvalue weighted by Crippen LogP contribution is -2.13. The highest BCUT2D eigenvalue weighted by molar-refractivity contribution is 5.37. The van der Waals surface area contributed by atoms with Crippen LogP contribution in [-0.2, 0) is 17.5 Å². The van der Waals surface area contributed by atoms with Crippen LogP contribution in [0.25, 0.3) is 0 Å². The van der Waals surface area contributed by atoms with Crippen LogP contribution in [0.5, 0.6) is 5.75 Å². The quantitative estimate of drug-likeness (QED) is 0.747. The summed E-state index contributed by atoms with van der Waals surface area (Å²) in [6, 6.07) is 3.81. The van der Waals surface area contributed by atoms with Crippen molar-refractivity contribution < 1.29 is 22.6 Å². The van der Waals surface area contributed by atoms with Crippen molar-refractivity contribution in [1.29, 1.82) is 0 Å². The molecule has 0 bridgehead atoms. The normalized spacial score (nSPS) is 11.7. The van der Waals surface area contributed by atoms with E-state index in [4.69, 9.17) is 15.2 Å². The molecule has 0 amide bonds. The molecule has 1 rings (SSSR count). The predicted octanol–water partition coefficient (Wildman–Crippen LogP) is 3.36. The van der Waals surface area contributed by atoms with Gasteiger partial charge in [-0.25, -0.2) is 0 Å². The van der Waals surface area contributed by atoms with Crippen molar-refractivity contribution in [2.45, 2.75) is 32.5 Å². The van der Waals surface area contributed by atoms with Gasteiger partial charge < -0.3 is 15.2 Å². The van der Waals surface area contributed by atoms with Crippen molar-refractivity contribution in [1.82, 2.24) is 0 Å². The van der Waals surface area contributed by atoms with Crippen molar-refractivity contribution >= 4 is 0 Å². The van der Waals surface area contributed by atoms with Gasteiger partial charge in [0.25, 0.3) is 0 Å². The van der Waals surface area contributed by atoms with E-state index >= 15 is 0 Å². The zero-order valence-electron chi connectivity index (χ0n) is 11.5. The third kappa shape index (κ3) is 5.38. The van der Waals surface area contributed by atoms with Crippen molar-refractivity contribution in [3.8, 4) is 5.75 Å². The molecule has 0 aliphatic rings. The second-order valence-electron chi connectivity index (χ2n) is 4.34. The van der Waals surface area contributed by atoms with Gasteiger partial charge in [-0.05, 0) is 24.1 Å². The number of nitrogens with two attached hydrogens (primary N) is 1. The van der Waals surface area contributed by atoms with Crippen LogP contribution in [0.2, 0.25) is 0 Å². The molecule has 2 N–H and O–H groups in total. The SMILES string of the molecule is CCCCOCCOc1ccc(CN)c(C(F)(F)F)c1. The summed E-state index contributed by atoms with van der Waals surface area (Å²) in [6.45, 7) is 3.12. The maximum absolute atomic E-state index is 12.8. The Balaban J connectivity index is 2.55. The number of alkyl halides is 3. The predicted molar refractivity (Wildman–Crippen MR) is 70.6 cm³/mol. The van der Waals surface area contributed by atoms with Crippen LogP contribution < -0.4 is 10.5 Å². The fraction of sp³-hybridized carbons (Fsp3) is 0.571. The Kier molecular flexibility index (Phi) is 6.81. The van der Waals surface area contributed by atoms with Crippen LogP contribution in [0, 0.1) is 0 Å². The average molecular weight is 291 g/mol. The minimum atomic E-state index is -4.42. The first-order valence-corrected chi connectivity index (χ1v) is 6.59. The fourth-order valence-corrected chi connectivity index (χ4v) is 1.65. The van der Waals surface area contributed by atoms with Crippen LogP contribution in [0.4, 0.5) is 13.2 Å². The third-order valence-corrected chi connectivity index (χ3v) is 2.75. The summed E-state index contributed by atoms with van der Waals surface area (Å²) < 4.78 is 48.9. The van der Waals surface area contributed by atoms with Crippen molar-refractivity contribution in [3.63, 3.8) is 0 Å². The van der Waals surface area contributed by atoms with Gasteiger partial charge in [0.15, 0.2) is 0 Å². The summed E-state index contributed by atoms with van der Waals surface area (Å²) in [7, 11) is 0. The van der Waals surface area contributed by atoms with E-state index in [1.165, 1.54) is 12.1 Å². The lowest BCUT2D eigenvalue weighted by atomic mass is 10.1. The molecule has 3 nitrogen and oxygen atoms in total. The van der Waals surface area contributed by atoms with E-state index in [1.54, 1.807) is 0 Å². The molecule has 0 heterocycles. The van der Waals surface area contributed by atoms with Crippen LogP contribution >= 0.6 is 0 Å². The highest BCUT2D eigenvalue weighted by atomic mass is 19.4. The largest absolute Gasteiger partial charge is 0.491 e. The molecule has 0 saturated carbocycles. The van der Waals surface area contributed by atoms with Gasteiger partial charge in [-0.1, -0.05) is 19.4 Å². The summed E-state index contributed by atoms with van der Waals surface area (Å²) in [5, 5.41) is 0. The lowest BCUT2D eigenvalue weighted by Gasteiger charge is -2.14. The van der Waals surface area contributed by atoms with E-state index in [0.29, 0.717) is 13.2 Å². The van der Waals surface area contributed by atoms with Gasteiger partial charge in [-0.15, -0.1) is 0 Å². The average Bonchev–Trinajstić information content (AvgIpc) is 2.41. The molecule has 0 spiro atoms. The second kappa shape index (κ2) is 8.11. The molecule has 1 aromatic carbocycles. The minimum absolute atomic E-state index is 0.0593. The smallest absolute Gasteiger partial charge is 0.416 e. The van der Waals surface area contributed by atoms with Gasteiger partial charge >= 0.3 is 6.18 Å². The number of halogens is 3. The van der Waals surface area contributed by atoms with Crippen molar-refractivity contribution in [3.05, 3.63) is 29.3 Å². The molecule has 0 radical (unpaired) electrons. The first-order chi connectivity index (χ1) is 9.49. The molecule has 114 valence electrons. The first kappa shape index (κ1) is 16.8. The zero-order chi connectivity index (χ0) is 15.0. The Morgan fingerprint density at radius 2 is 1.90 bits per heavy atom. The molecule has 0 fully saturated rings. The van der Waals surface area contributed by atoms with E-state index in [-0.39, 0.29) is 24.5 Å². The first-order valence-electron chi connectivity index (χ1n) is 6.59. The Morgan fingerprint density at radius 1 is 1.15 bits per heavy atom. The van der Waals surface area contributed by atoms with Gasteiger partial charge in [0, 0.05) is 13.2 Å². The summed E-state index contributed by atoms with van der Waals surface area (Å²) in [5.41, 5.74) is 4.62. The van der Waals surface area contributed by atoms with Crippen LogP contribution in [0.1, 0.15) is 30.9 Å². The van der Waals surface area contributed by atoms with Crippen LogP contribution in [-0.4, -0.2) is 19.8 Å². The zero-order valence-corrected chi connectivity index (χ0v) is 11.5. The molecule has 0 aliphatic carbocycles. The van der Waals surface area contributed by atoms with E-state index in [2.05, 4.69) is 6.92 Å². The molecule has 0 saturated heterocycles. The number of ether oxygens (including phenoxy) is 2. The topological polar surface area (TPSA) is 44.5 Å². The summed E-state index contributed by atoms with van der Waals surface area (Å²) in [4.78, 5) is 0. The maximum atomic E-state index is 12.8. The van der Waals surface area contributed by atoms with E-state index < -0.39 is 11.7 Å². The minimum Gasteiger partial charge on any atom is -0.491 e. The lowest BCUT2D eigenvalue weighted by molar-refractivity contribution is -0.138. The van der Waals surface area contributed by atoms with Gasteiger partial charge in [-0.3, -0.25) is 0 Å². The molecule has 0 atom stereocenters. The molecule has 1 aromatic rings. The van der Waals surface area contributed by atoms with Crippen LogP contribution in [0.3, 0.4) is 0 Å². The van der Waals surface area contributed by atoms with E-state index in [9.17, 15) is 13.2 Å². The Morgan fingerprint density at radius 3 is 2.50 bits per heavy atom. The van der Waals surface area contributed by atoms with Gasteiger partial charge in [0.05, 0.1) is 12.2 Å². The standard InChI is InChI=1S/C14H20F3NO2/c1-2-3-6-19-7-8-20-12-5-4-11(10-18)13(9-12)14(15,16)17/h4-5,9H,2-3,6-8,10,18H2,1H3. The van der Waals surface area contributed by atoms with E-state index in [0.717, 1.165) is 18.9 Å². The highest BCUT2D eigenvalue weighted by Gasteiger charge is 2.33. The summed E-state index contributed by atoms with van der Waals surface area (Å²) in [5.74, 6) is 0.175. The van der Waals surface area contributed by atoms with Crippen LogP contribution in [0.15, 0.2) is 18.2 Å². The monoisotopic (exact) mass is 291 g/mol. The summed E-state index contributed by atoms with van der Waals surface area (Å²) in [6.07, 6.45) is -2.43. The Bertz CT molecular complexity index is 408. The summed E-state index contributed by atoms with van der Waals surface area (Å²) >= 11 is 0. The highest BCUT2D eigenvalue weighted by Crippen LogP contribution is 2.34. The number of unbranched alkanes of at least 4 members (excludes halogenated alkanes) is 1. The molecule has 0 unspecified atom stereocenters. The third-order valence-electron chi connectivity index (χ3n) is 2.75. The second-order valence-corrected chi connectivity index (χ2v) is 4.34. The Hall–Kier alpha value is -1.27. The Labute approximate surface area is 116 Å². The maximum Gasteiger partial charge on any atom is 0.416 e. The van der Waals surface area contributed by atoms with Gasteiger partial charge in [0.1, 0.15) is 12.4 Å². The number of rotatable bonds is 8.